The monoisotopic (exact) mass is 421 g/mol. The normalized spacial score (nSPS) is 11.5. The highest BCUT2D eigenvalue weighted by atomic mass is 79.9. The minimum Gasteiger partial charge on any atom is -0.359 e. The summed E-state index contributed by atoms with van der Waals surface area (Å²) in [5, 5.41) is 14.4. The summed E-state index contributed by atoms with van der Waals surface area (Å²) in [4.78, 5) is 11.8. The molecule has 0 unspecified atom stereocenters. The second-order valence-electron chi connectivity index (χ2n) is 4.75. The van der Waals surface area contributed by atoms with Crippen molar-refractivity contribution in [1.29, 1.82) is 5.26 Å². The summed E-state index contributed by atoms with van der Waals surface area (Å²) in [6, 6.07) is 14.0. The summed E-state index contributed by atoms with van der Waals surface area (Å²) in [7, 11) is -4.39. The third-order valence-electron chi connectivity index (χ3n) is 3.00. The first-order valence-corrected chi connectivity index (χ1v) is 9.05. The molecule has 2 aromatic rings. The van der Waals surface area contributed by atoms with Gasteiger partial charge in [0, 0.05) is 16.4 Å². The molecule has 0 saturated carbocycles. The molecule has 0 atom stereocenters. The molecule has 0 saturated heterocycles. The van der Waals surface area contributed by atoms with Gasteiger partial charge in [0.25, 0.3) is 16.0 Å². The summed E-state index contributed by atoms with van der Waals surface area (Å²) < 4.78 is 32.0. The van der Waals surface area contributed by atoms with Gasteiger partial charge in [0.15, 0.2) is 0 Å². The zero-order valence-electron chi connectivity index (χ0n) is 12.6. The average molecular weight is 422 g/mol. The zero-order valence-corrected chi connectivity index (χ0v) is 15.0. The number of halogens is 1. The van der Waals surface area contributed by atoms with Gasteiger partial charge in [0.1, 0.15) is 11.6 Å². The molecule has 25 heavy (non-hydrogen) atoms. The number of nitriles is 1. The van der Waals surface area contributed by atoms with Gasteiger partial charge in [-0.1, -0.05) is 18.2 Å². The van der Waals surface area contributed by atoms with E-state index in [0.29, 0.717) is 5.69 Å². The first kappa shape index (κ1) is 18.7. The van der Waals surface area contributed by atoms with Crippen LogP contribution in [0.15, 0.2) is 69.7 Å². The number of anilines is 2. The number of rotatable bonds is 5. The third-order valence-corrected chi connectivity index (χ3v) is 4.54. The minimum atomic E-state index is -4.39. The molecular formula is C16H12BrN3O4S. The molecule has 0 fully saturated rings. The number of hydrogen-bond acceptors (Lipinski definition) is 5. The molecular weight excluding hydrogens is 410 g/mol. The van der Waals surface area contributed by atoms with E-state index in [4.69, 9.17) is 9.81 Å². The molecule has 0 radical (unpaired) electrons. The van der Waals surface area contributed by atoms with Gasteiger partial charge < -0.3 is 10.6 Å². The Balaban J connectivity index is 2.17. The fourth-order valence-corrected chi connectivity index (χ4v) is 2.74. The minimum absolute atomic E-state index is 0.127. The molecule has 7 nitrogen and oxygen atoms in total. The number of hydrogen-bond donors (Lipinski definition) is 3. The van der Waals surface area contributed by atoms with Crippen LogP contribution < -0.4 is 10.6 Å². The van der Waals surface area contributed by atoms with Crippen LogP contribution in [0.3, 0.4) is 0 Å². The predicted octanol–water partition coefficient (Wildman–Crippen LogP) is 3.15. The van der Waals surface area contributed by atoms with Crippen LogP contribution in [0.2, 0.25) is 0 Å². The Morgan fingerprint density at radius 1 is 1.20 bits per heavy atom. The van der Waals surface area contributed by atoms with Gasteiger partial charge in [-0.3, -0.25) is 9.35 Å². The number of para-hydroxylation sites is 1. The molecule has 2 rings (SSSR count). The lowest BCUT2D eigenvalue weighted by Gasteiger charge is -2.07. The fraction of sp³-hybridized carbons (Fsp3) is 0. The van der Waals surface area contributed by atoms with Crippen LogP contribution in [0.4, 0.5) is 11.4 Å². The zero-order chi connectivity index (χ0) is 18.4. The molecule has 2 aromatic carbocycles. The maximum atomic E-state index is 12.1. The summed E-state index contributed by atoms with van der Waals surface area (Å²) in [5.74, 6) is -0.727. The Morgan fingerprint density at radius 2 is 1.92 bits per heavy atom. The van der Waals surface area contributed by atoms with E-state index < -0.39 is 16.0 Å². The summed E-state index contributed by atoms with van der Waals surface area (Å²) in [6.45, 7) is 0. The van der Waals surface area contributed by atoms with E-state index in [-0.39, 0.29) is 16.2 Å². The van der Waals surface area contributed by atoms with Gasteiger partial charge in [-0.05, 0) is 46.3 Å². The van der Waals surface area contributed by atoms with Gasteiger partial charge in [-0.2, -0.15) is 13.7 Å². The number of amides is 1. The van der Waals surface area contributed by atoms with Gasteiger partial charge in [0.05, 0.1) is 10.6 Å². The Morgan fingerprint density at radius 3 is 2.56 bits per heavy atom. The second kappa shape index (κ2) is 7.94. The van der Waals surface area contributed by atoms with Crippen LogP contribution in [-0.2, 0) is 14.9 Å². The van der Waals surface area contributed by atoms with Gasteiger partial charge in [0.2, 0.25) is 0 Å². The SMILES string of the molecule is N#C/C(=C/Nc1ccccc1Br)C(=O)Nc1cccc(S(=O)(=O)O)c1. The van der Waals surface area contributed by atoms with Crippen LogP contribution in [0.25, 0.3) is 0 Å². The van der Waals surface area contributed by atoms with Gasteiger partial charge >= 0.3 is 0 Å². The van der Waals surface area contributed by atoms with E-state index >= 15 is 0 Å². The fourth-order valence-electron chi connectivity index (χ4n) is 1.81. The summed E-state index contributed by atoms with van der Waals surface area (Å²) >= 11 is 3.33. The van der Waals surface area contributed by atoms with Crippen LogP contribution in [-0.4, -0.2) is 18.9 Å². The molecule has 9 heteroatoms. The maximum Gasteiger partial charge on any atom is 0.294 e. The molecule has 1 amide bonds. The molecule has 0 aliphatic rings. The van der Waals surface area contributed by atoms with Crippen molar-refractivity contribution in [3.8, 4) is 6.07 Å². The first-order valence-electron chi connectivity index (χ1n) is 6.81. The Kier molecular flexibility index (Phi) is 5.93. The van der Waals surface area contributed by atoms with Crippen molar-refractivity contribution in [1.82, 2.24) is 0 Å². The molecule has 0 spiro atoms. The quantitative estimate of drug-likeness (QED) is 0.387. The Labute approximate surface area is 152 Å². The molecule has 0 aliphatic carbocycles. The summed E-state index contributed by atoms with van der Waals surface area (Å²) in [5.41, 5.74) is 0.576. The van der Waals surface area contributed by atoms with Crippen LogP contribution in [0.1, 0.15) is 0 Å². The first-order chi connectivity index (χ1) is 11.8. The Hall–Kier alpha value is -2.67. The number of nitrogens with one attached hydrogen (secondary N) is 2. The Bertz CT molecular complexity index is 981. The lowest BCUT2D eigenvalue weighted by molar-refractivity contribution is -0.112. The molecule has 0 aliphatic heterocycles. The molecule has 0 aromatic heterocycles. The summed E-state index contributed by atoms with van der Waals surface area (Å²) in [6.07, 6.45) is 1.24. The van der Waals surface area contributed by atoms with Crippen molar-refractivity contribution in [2.75, 3.05) is 10.6 Å². The van der Waals surface area contributed by atoms with Crippen molar-refractivity contribution in [2.45, 2.75) is 4.90 Å². The van der Waals surface area contributed by atoms with E-state index in [9.17, 15) is 13.2 Å². The van der Waals surface area contributed by atoms with E-state index in [0.717, 1.165) is 10.5 Å². The predicted molar refractivity (Wildman–Crippen MR) is 96.3 cm³/mol. The van der Waals surface area contributed by atoms with E-state index in [1.165, 1.54) is 24.4 Å². The lowest BCUT2D eigenvalue weighted by Crippen LogP contribution is -2.15. The lowest BCUT2D eigenvalue weighted by atomic mass is 10.2. The smallest absolute Gasteiger partial charge is 0.294 e. The second-order valence-corrected chi connectivity index (χ2v) is 7.03. The number of nitrogens with zero attached hydrogens (tertiary/aromatic N) is 1. The van der Waals surface area contributed by atoms with Gasteiger partial charge in [-0.25, -0.2) is 0 Å². The van der Waals surface area contributed by atoms with Gasteiger partial charge in [-0.15, -0.1) is 0 Å². The van der Waals surface area contributed by atoms with Crippen LogP contribution in [0, 0.1) is 11.3 Å². The van der Waals surface area contributed by atoms with E-state index in [2.05, 4.69) is 26.6 Å². The van der Waals surface area contributed by atoms with Crippen molar-refractivity contribution >= 4 is 43.3 Å². The largest absolute Gasteiger partial charge is 0.359 e. The highest BCUT2D eigenvalue weighted by Crippen LogP contribution is 2.21. The third kappa shape index (κ3) is 5.15. The van der Waals surface area contributed by atoms with Crippen molar-refractivity contribution in [2.24, 2.45) is 0 Å². The molecule has 0 bridgehead atoms. The topological polar surface area (TPSA) is 119 Å². The molecule has 3 N–H and O–H groups in total. The maximum absolute atomic E-state index is 12.1. The van der Waals surface area contributed by atoms with Crippen molar-refractivity contribution in [3.63, 3.8) is 0 Å². The van der Waals surface area contributed by atoms with Crippen molar-refractivity contribution < 1.29 is 17.8 Å². The highest BCUT2D eigenvalue weighted by molar-refractivity contribution is 9.10. The van der Waals surface area contributed by atoms with Crippen molar-refractivity contribution in [3.05, 3.63) is 64.8 Å². The number of benzene rings is 2. The van der Waals surface area contributed by atoms with E-state index in [1.54, 1.807) is 24.3 Å². The average Bonchev–Trinajstić information content (AvgIpc) is 2.56. The van der Waals surface area contributed by atoms with E-state index in [1.807, 2.05) is 6.07 Å². The standard InChI is InChI=1S/C16H12BrN3O4S/c17-14-6-1-2-7-15(14)19-10-11(9-18)16(21)20-12-4-3-5-13(8-12)25(22,23)24/h1-8,10,19H,(H,20,21)(H,22,23,24)/b11-10-. The van der Waals surface area contributed by atoms with Crippen LogP contribution in [0.5, 0.6) is 0 Å². The number of carbonyl (C=O) groups is 1. The number of carbonyl (C=O) groups excluding carboxylic acids is 1. The highest BCUT2D eigenvalue weighted by Gasteiger charge is 2.13. The van der Waals surface area contributed by atoms with Crippen LogP contribution >= 0.6 is 15.9 Å². The molecule has 0 heterocycles. The molecule has 128 valence electrons.